The summed E-state index contributed by atoms with van der Waals surface area (Å²) in [5.41, 5.74) is 2.60. The Bertz CT molecular complexity index is 177. The van der Waals surface area contributed by atoms with Crippen LogP contribution in [0.2, 0.25) is 0 Å². The number of carbonyl (C=O) groups excluding carboxylic acids is 1. The third-order valence-corrected chi connectivity index (χ3v) is 1.84. The first-order valence-electron chi connectivity index (χ1n) is 5.02. The standard InChI is InChI=1S/C10H20FNO2/c1-4-14-9(13)6-5-8(12)7-10(2,3)11/h8H,4-7,12H2,1-3H3/p+1. The van der Waals surface area contributed by atoms with Gasteiger partial charge in [0.1, 0.15) is 5.67 Å². The molecule has 0 saturated heterocycles. The van der Waals surface area contributed by atoms with Crippen molar-refractivity contribution in [3.05, 3.63) is 0 Å². The highest BCUT2D eigenvalue weighted by molar-refractivity contribution is 5.69. The Morgan fingerprint density at radius 3 is 2.57 bits per heavy atom. The quantitative estimate of drug-likeness (QED) is 0.661. The number of esters is 1. The number of quaternary nitrogens is 1. The average molecular weight is 206 g/mol. The van der Waals surface area contributed by atoms with E-state index in [0.29, 0.717) is 25.9 Å². The van der Waals surface area contributed by atoms with Crippen LogP contribution in [0, 0.1) is 0 Å². The van der Waals surface area contributed by atoms with E-state index in [-0.39, 0.29) is 12.0 Å². The van der Waals surface area contributed by atoms with Crippen LogP contribution in [0.25, 0.3) is 0 Å². The van der Waals surface area contributed by atoms with Crippen molar-refractivity contribution in [1.82, 2.24) is 0 Å². The summed E-state index contributed by atoms with van der Waals surface area (Å²) in [5.74, 6) is -0.224. The minimum absolute atomic E-state index is 0.0283. The Morgan fingerprint density at radius 2 is 2.14 bits per heavy atom. The fraction of sp³-hybridized carbons (Fsp3) is 0.900. The van der Waals surface area contributed by atoms with Crippen molar-refractivity contribution in [2.24, 2.45) is 0 Å². The molecule has 0 saturated carbocycles. The molecule has 0 amide bonds. The molecule has 0 aromatic rings. The molecule has 0 bridgehead atoms. The van der Waals surface area contributed by atoms with Crippen molar-refractivity contribution >= 4 is 5.97 Å². The summed E-state index contributed by atoms with van der Waals surface area (Å²) in [6.07, 6.45) is 1.30. The summed E-state index contributed by atoms with van der Waals surface area (Å²) >= 11 is 0. The van der Waals surface area contributed by atoms with Crippen LogP contribution < -0.4 is 5.73 Å². The molecule has 3 nitrogen and oxygen atoms in total. The van der Waals surface area contributed by atoms with E-state index in [9.17, 15) is 9.18 Å². The lowest BCUT2D eigenvalue weighted by atomic mass is 9.98. The first-order valence-corrected chi connectivity index (χ1v) is 5.02. The molecule has 0 radical (unpaired) electrons. The zero-order valence-electron chi connectivity index (χ0n) is 9.31. The monoisotopic (exact) mass is 206 g/mol. The van der Waals surface area contributed by atoms with E-state index in [4.69, 9.17) is 4.74 Å². The smallest absolute Gasteiger partial charge is 0.306 e. The maximum absolute atomic E-state index is 13.2. The van der Waals surface area contributed by atoms with Gasteiger partial charge in [-0.1, -0.05) is 0 Å². The van der Waals surface area contributed by atoms with Gasteiger partial charge < -0.3 is 10.5 Å². The Hall–Kier alpha value is -0.640. The summed E-state index contributed by atoms with van der Waals surface area (Å²) in [5, 5.41) is 0. The van der Waals surface area contributed by atoms with Gasteiger partial charge in [0.2, 0.25) is 0 Å². The summed E-state index contributed by atoms with van der Waals surface area (Å²) in [6.45, 7) is 5.21. The number of rotatable bonds is 6. The minimum atomic E-state index is -1.21. The Balaban J connectivity index is 3.63. The molecule has 4 heteroatoms. The van der Waals surface area contributed by atoms with E-state index in [2.05, 4.69) is 5.73 Å². The Morgan fingerprint density at radius 1 is 1.57 bits per heavy atom. The maximum Gasteiger partial charge on any atom is 0.306 e. The highest BCUT2D eigenvalue weighted by atomic mass is 19.1. The SMILES string of the molecule is CCOC(=O)CCC([NH3+])CC(C)(C)F. The van der Waals surface area contributed by atoms with Crippen molar-refractivity contribution in [3.8, 4) is 0 Å². The van der Waals surface area contributed by atoms with E-state index in [1.54, 1.807) is 6.92 Å². The number of ether oxygens (including phenoxy) is 1. The van der Waals surface area contributed by atoms with Crippen molar-refractivity contribution in [2.75, 3.05) is 6.61 Å². The molecule has 14 heavy (non-hydrogen) atoms. The van der Waals surface area contributed by atoms with E-state index < -0.39 is 5.67 Å². The summed E-state index contributed by atoms with van der Waals surface area (Å²) in [4.78, 5) is 11.0. The van der Waals surface area contributed by atoms with Crippen molar-refractivity contribution < 1.29 is 19.7 Å². The van der Waals surface area contributed by atoms with Gasteiger partial charge in [-0.25, -0.2) is 4.39 Å². The average Bonchev–Trinajstić information content (AvgIpc) is 1.98. The molecule has 0 aliphatic rings. The van der Waals surface area contributed by atoms with Crippen LogP contribution >= 0.6 is 0 Å². The van der Waals surface area contributed by atoms with Crippen LogP contribution in [0.5, 0.6) is 0 Å². The molecule has 0 aromatic heterocycles. The highest BCUT2D eigenvalue weighted by Crippen LogP contribution is 2.16. The number of halogens is 1. The second-order valence-electron chi connectivity index (χ2n) is 4.13. The topological polar surface area (TPSA) is 53.9 Å². The lowest BCUT2D eigenvalue weighted by Gasteiger charge is -2.16. The predicted molar refractivity (Wildman–Crippen MR) is 52.3 cm³/mol. The second-order valence-corrected chi connectivity index (χ2v) is 4.13. The first kappa shape index (κ1) is 13.4. The van der Waals surface area contributed by atoms with Crippen LogP contribution in [-0.2, 0) is 9.53 Å². The normalized spacial score (nSPS) is 13.8. The van der Waals surface area contributed by atoms with Crippen LogP contribution in [0.3, 0.4) is 0 Å². The number of hydrogen-bond donors (Lipinski definition) is 1. The maximum atomic E-state index is 13.2. The molecule has 0 heterocycles. The van der Waals surface area contributed by atoms with Gasteiger partial charge in [0.25, 0.3) is 0 Å². The molecule has 1 atom stereocenters. The van der Waals surface area contributed by atoms with Gasteiger partial charge in [-0.3, -0.25) is 4.79 Å². The van der Waals surface area contributed by atoms with Crippen molar-refractivity contribution in [1.29, 1.82) is 0 Å². The molecular weight excluding hydrogens is 185 g/mol. The van der Waals surface area contributed by atoms with E-state index in [1.807, 2.05) is 0 Å². The fourth-order valence-corrected chi connectivity index (χ4v) is 1.34. The van der Waals surface area contributed by atoms with Crippen LogP contribution in [0.15, 0.2) is 0 Å². The van der Waals surface area contributed by atoms with E-state index in [1.165, 1.54) is 13.8 Å². The molecule has 0 aliphatic heterocycles. The fourth-order valence-electron chi connectivity index (χ4n) is 1.34. The number of alkyl halides is 1. The van der Waals surface area contributed by atoms with Crippen molar-refractivity contribution in [2.45, 2.75) is 51.7 Å². The molecular formula is C10H21FNO2+. The van der Waals surface area contributed by atoms with Gasteiger partial charge in [-0.2, -0.15) is 0 Å². The first-order chi connectivity index (χ1) is 6.35. The lowest BCUT2D eigenvalue weighted by Crippen LogP contribution is -2.62. The van der Waals surface area contributed by atoms with Gasteiger partial charge in [0.05, 0.1) is 19.1 Å². The largest absolute Gasteiger partial charge is 0.466 e. The predicted octanol–water partition coefficient (Wildman–Crippen LogP) is 1.08. The van der Waals surface area contributed by atoms with Crippen LogP contribution in [-0.4, -0.2) is 24.3 Å². The summed E-state index contributed by atoms with van der Waals surface area (Å²) < 4.78 is 17.9. The zero-order valence-corrected chi connectivity index (χ0v) is 9.31. The Kier molecular flexibility index (Phi) is 5.69. The molecule has 0 spiro atoms. The third-order valence-electron chi connectivity index (χ3n) is 1.84. The number of carbonyl (C=O) groups is 1. The second kappa shape index (κ2) is 5.96. The van der Waals surface area contributed by atoms with Crippen LogP contribution in [0.1, 0.15) is 40.0 Å². The highest BCUT2D eigenvalue weighted by Gasteiger charge is 2.22. The third kappa shape index (κ3) is 7.98. The van der Waals surface area contributed by atoms with Crippen LogP contribution in [0.4, 0.5) is 4.39 Å². The molecule has 0 aromatic carbocycles. The molecule has 0 fully saturated rings. The van der Waals surface area contributed by atoms with Gasteiger partial charge in [0.15, 0.2) is 0 Å². The van der Waals surface area contributed by atoms with Gasteiger partial charge in [-0.15, -0.1) is 0 Å². The Labute approximate surface area is 84.8 Å². The molecule has 3 N–H and O–H groups in total. The van der Waals surface area contributed by atoms with Crippen molar-refractivity contribution in [3.63, 3.8) is 0 Å². The zero-order chi connectivity index (χ0) is 11.2. The minimum Gasteiger partial charge on any atom is -0.466 e. The number of hydrogen-bond acceptors (Lipinski definition) is 2. The molecule has 0 aliphatic carbocycles. The molecule has 0 rings (SSSR count). The summed E-state index contributed by atoms with van der Waals surface area (Å²) in [7, 11) is 0. The van der Waals surface area contributed by atoms with Gasteiger partial charge >= 0.3 is 5.97 Å². The molecule has 84 valence electrons. The summed E-state index contributed by atoms with van der Waals surface area (Å²) in [6, 6.07) is -0.0283. The molecule has 1 unspecified atom stereocenters. The van der Waals surface area contributed by atoms with E-state index in [0.717, 1.165) is 0 Å². The van der Waals surface area contributed by atoms with E-state index >= 15 is 0 Å². The lowest BCUT2D eigenvalue weighted by molar-refractivity contribution is -0.426. The van der Waals surface area contributed by atoms with Gasteiger partial charge in [0, 0.05) is 12.8 Å². The van der Waals surface area contributed by atoms with Gasteiger partial charge in [-0.05, 0) is 20.8 Å².